The summed E-state index contributed by atoms with van der Waals surface area (Å²) in [5, 5.41) is 20.7. The number of aliphatic hydroxyl groups is 2. The Morgan fingerprint density at radius 1 is 0.692 bits per heavy atom. The van der Waals surface area contributed by atoms with Crippen molar-refractivity contribution in [3.63, 3.8) is 0 Å². The van der Waals surface area contributed by atoms with Crippen LogP contribution in [0.25, 0.3) is 46.5 Å². The van der Waals surface area contributed by atoms with Crippen LogP contribution in [-0.2, 0) is 4.18 Å². The summed E-state index contributed by atoms with van der Waals surface area (Å²) in [5.41, 5.74) is 2.62. The summed E-state index contributed by atoms with van der Waals surface area (Å²) in [7, 11) is 1.21. The van der Waals surface area contributed by atoms with Crippen molar-refractivity contribution in [1.29, 1.82) is 0 Å². The van der Waals surface area contributed by atoms with Crippen molar-refractivity contribution in [3.8, 4) is 11.5 Å². The van der Waals surface area contributed by atoms with E-state index >= 15 is 0 Å². The molecule has 0 saturated carbocycles. The highest BCUT2D eigenvalue weighted by atomic mass is 127. The molecular weight excluding hydrogens is 1000 g/mol. The Hall–Kier alpha value is -3.79. The third-order valence-corrected chi connectivity index (χ3v) is 12.8. The minimum atomic E-state index is -0.875. The van der Waals surface area contributed by atoms with Gasteiger partial charge in [0.05, 0.1) is 22.4 Å². The minimum absolute atomic E-state index is 0. The first-order valence-corrected chi connectivity index (χ1v) is 27.0. The molecule has 65 heavy (non-hydrogen) atoms. The van der Waals surface area contributed by atoms with E-state index in [1.54, 1.807) is 46.9 Å². The molecular formula is C47H64FIN6O7S3. The molecule has 2 fully saturated rings. The second-order valence-corrected chi connectivity index (χ2v) is 17.8. The Morgan fingerprint density at radius 3 is 1.52 bits per heavy atom. The average molecular weight is 1070 g/mol. The molecule has 0 amide bonds. The highest BCUT2D eigenvalue weighted by molar-refractivity contribution is 14.2. The van der Waals surface area contributed by atoms with Gasteiger partial charge in [-0.25, -0.2) is 24.3 Å². The van der Waals surface area contributed by atoms with Crippen LogP contribution in [0.15, 0.2) is 57.6 Å². The number of hydrogen-bond acceptors (Lipinski definition) is 16. The predicted molar refractivity (Wildman–Crippen MR) is 277 cm³/mol. The molecule has 2 atom stereocenters. The Bertz CT molecular complexity index is 2280. The second-order valence-electron chi connectivity index (χ2n) is 14.3. The topological polar surface area (TPSA) is 152 Å². The van der Waals surface area contributed by atoms with Crippen LogP contribution in [0.4, 0.5) is 14.7 Å². The van der Waals surface area contributed by atoms with Gasteiger partial charge in [-0.05, 0) is 62.1 Å². The van der Waals surface area contributed by atoms with Gasteiger partial charge in [-0.1, -0.05) is 83.5 Å². The lowest BCUT2D eigenvalue weighted by atomic mass is 10.2. The SMILES string of the molecule is C.CC.CC.OCC(CF)Oc1ccc2nc(/C=C/c3cnc(N4CCCCCC4)s3)oc2c1.OCC(COSI)Oc1ccc2nc(/C=C/c3cnc(N4CCCCCC4)s3)oc2c1. The maximum atomic E-state index is 12.7. The van der Waals surface area contributed by atoms with Gasteiger partial charge in [0.1, 0.15) is 48.0 Å². The van der Waals surface area contributed by atoms with Gasteiger partial charge in [-0.15, -0.1) is 0 Å². The number of benzene rings is 2. The van der Waals surface area contributed by atoms with Gasteiger partial charge in [0.25, 0.3) is 0 Å². The molecule has 13 nitrogen and oxygen atoms in total. The molecule has 4 aromatic heterocycles. The van der Waals surface area contributed by atoms with Crippen LogP contribution in [0.5, 0.6) is 11.5 Å². The van der Waals surface area contributed by atoms with E-state index in [0.717, 1.165) is 51.7 Å². The van der Waals surface area contributed by atoms with Crippen LogP contribution in [0.3, 0.4) is 0 Å². The second kappa shape index (κ2) is 29.8. The Balaban J connectivity index is 0.000000261. The van der Waals surface area contributed by atoms with Gasteiger partial charge in [-0.2, -0.15) is 0 Å². The standard InChI is InChI=1S/C21H24FN3O3S.C21H24IN3O4S2.2C2H6.CH4/c22-12-16(14-26)27-15-5-7-18-19(11-15)28-20(24-18)8-6-17-13-23-21(29-17)25-9-3-1-2-4-10-25;22-31-27-14-16(13-26)28-15-5-7-18-19(11-15)29-20(24-18)8-6-17-12-23-21(30-17)25-9-3-1-2-4-10-25;2*1-2;/h5-8,11,13,16,26H,1-4,9-10,12,14H2;5-8,11-12,16,26H,1-4,9-10,13-14H2;2*1-2H3;1H4/b2*8-6+;;;. The highest BCUT2D eigenvalue weighted by Crippen LogP contribution is 2.30. The molecule has 2 aliphatic rings. The number of fused-ring (bicyclic) bond motifs is 2. The van der Waals surface area contributed by atoms with Gasteiger partial charge >= 0.3 is 0 Å². The molecule has 0 radical (unpaired) electrons. The van der Waals surface area contributed by atoms with Crippen LogP contribution < -0.4 is 19.3 Å². The van der Waals surface area contributed by atoms with Gasteiger partial charge in [0.15, 0.2) is 21.4 Å². The Kier molecular flexibility index (Phi) is 24.6. The van der Waals surface area contributed by atoms with Crippen molar-refractivity contribution < 1.29 is 37.1 Å². The van der Waals surface area contributed by atoms with E-state index in [1.165, 1.54) is 60.6 Å². The van der Waals surface area contributed by atoms with Crippen molar-refractivity contribution in [3.05, 3.63) is 70.3 Å². The number of aromatic nitrogens is 4. The zero-order valence-electron chi connectivity index (χ0n) is 37.0. The number of alkyl halides is 1. The fourth-order valence-electron chi connectivity index (χ4n) is 6.69. The maximum Gasteiger partial charge on any atom is 0.220 e. The molecule has 6 heterocycles. The van der Waals surface area contributed by atoms with Crippen molar-refractivity contribution in [2.75, 3.05) is 62.5 Å². The molecule has 18 heteroatoms. The summed E-state index contributed by atoms with van der Waals surface area (Å²) in [5.74, 6) is 2.04. The summed E-state index contributed by atoms with van der Waals surface area (Å²) < 4.78 is 40.7. The lowest BCUT2D eigenvalue weighted by Gasteiger charge is -2.18. The molecule has 6 aromatic rings. The Labute approximate surface area is 407 Å². The zero-order chi connectivity index (χ0) is 45.5. The smallest absolute Gasteiger partial charge is 0.220 e. The fraction of sp³-hybridized carbons (Fsp3) is 0.489. The van der Waals surface area contributed by atoms with Crippen LogP contribution in [0, 0.1) is 0 Å². The van der Waals surface area contributed by atoms with E-state index in [2.05, 4.69) is 29.7 Å². The Morgan fingerprint density at radius 2 is 1.12 bits per heavy atom. The quantitative estimate of drug-likeness (QED) is 0.0698. The number of ether oxygens (including phenoxy) is 2. The van der Waals surface area contributed by atoms with Gasteiger partial charge < -0.3 is 42.5 Å². The normalized spacial score (nSPS) is 15.2. The number of rotatable bonds is 16. The minimum Gasteiger partial charge on any atom is -0.485 e. The first-order chi connectivity index (χ1) is 31.5. The maximum absolute atomic E-state index is 12.7. The summed E-state index contributed by atoms with van der Waals surface area (Å²) in [6.45, 7) is 11.4. The number of aliphatic hydroxyl groups excluding tert-OH is 2. The number of oxazole rings is 2. The van der Waals surface area contributed by atoms with Crippen LogP contribution in [0.1, 0.15) is 108 Å². The van der Waals surface area contributed by atoms with Crippen LogP contribution >= 0.6 is 53.1 Å². The van der Waals surface area contributed by atoms with E-state index in [1.807, 2.05) is 97.7 Å². The predicted octanol–water partition coefficient (Wildman–Crippen LogP) is 12.8. The molecule has 0 aliphatic carbocycles. The highest BCUT2D eigenvalue weighted by Gasteiger charge is 2.16. The van der Waals surface area contributed by atoms with Gasteiger partial charge in [0.2, 0.25) is 11.8 Å². The molecule has 2 saturated heterocycles. The third-order valence-electron chi connectivity index (χ3n) is 9.79. The molecule has 0 spiro atoms. The summed E-state index contributed by atoms with van der Waals surface area (Å²) in [4.78, 5) is 25.0. The number of anilines is 2. The zero-order valence-corrected chi connectivity index (χ0v) is 41.6. The molecule has 2 unspecified atom stereocenters. The fourth-order valence-corrected chi connectivity index (χ4v) is 9.08. The lowest BCUT2D eigenvalue weighted by molar-refractivity contribution is 0.0799. The summed E-state index contributed by atoms with van der Waals surface area (Å²) >= 11 is 5.39. The third kappa shape index (κ3) is 16.8. The van der Waals surface area contributed by atoms with E-state index in [4.69, 9.17) is 27.6 Å². The van der Waals surface area contributed by atoms with Gasteiger partial charge in [0, 0.05) is 93.8 Å². The van der Waals surface area contributed by atoms with Crippen LogP contribution in [0.2, 0.25) is 0 Å². The number of halogens is 2. The van der Waals surface area contributed by atoms with Crippen molar-refractivity contribution in [2.45, 2.75) is 98.7 Å². The number of thiazole rings is 2. The molecule has 8 rings (SSSR count). The average Bonchev–Trinajstić information content (AvgIpc) is 4.10. The van der Waals surface area contributed by atoms with Gasteiger partial charge in [-0.3, -0.25) is 0 Å². The monoisotopic (exact) mass is 1070 g/mol. The summed E-state index contributed by atoms with van der Waals surface area (Å²) in [6.07, 6.45) is 20.2. The lowest BCUT2D eigenvalue weighted by Crippen LogP contribution is -2.25. The van der Waals surface area contributed by atoms with Crippen molar-refractivity contribution >= 4 is 110 Å². The first kappa shape index (κ1) is 53.8. The molecule has 2 aliphatic heterocycles. The molecule has 2 aromatic carbocycles. The summed E-state index contributed by atoms with van der Waals surface area (Å²) in [6, 6.07) is 10.5. The molecule has 356 valence electrons. The van der Waals surface area contributed by atoms with Crippen molar-refractivity contribution in [1.82, 2.24) is 19.9 Å². The first-order valence-electron chi connectivity index (χ1n) is 22.1. The van der Waals surface area contributed by atoms with E-state index in [0.29, 0.717) is 46.6 Å². The van der Waals surface area contributed by atoms with E-state index in [-0.39, 0.29) is 20.6 Å². The molecule has 0 bridgehead atoms. The van der Waals surface area contributed by atoms with Crippen LogP contribution in [-0.4, -0.2) is 95.0 Å². The molecule has 2 N–H and O–H groups in total. The number of hydrogen-bond donors (Lipinski definition) is 2. The largest absolute Gasteiger partial charge is 0.485 e. The van der Waals surface area contributed by atoms with E-state index in [9.17, 15) is 9.50 Å². The van der Waals surface area contributed by atoms with E-state index < -0.39 is 18.9 Å². The van der Waals surface area contributed by atoms with Crippen molar-refractivity contribution in [2.24, 2.45) is 0 Å². The number of nitrogens with zero attached hydrogens (tertiary/aromatic N) is 6.